The minimum absolute atomic E-state index is 0.124. The molecule has 1 atom stereocenters. The molecule has 138 valence electrons. The van der Waals surface area contributed by atoms with Gasteiger partial charge in [0.2, 0.25) is 10.0 Å². The van der Waals surface area contributed by atoms with Gasteiger partial charge < -0.3 is 5.32 Å². The van der Waals surface area contributed by atoms with Gasteiger partial charge in [-0.15, -0.1) is 0 Å². The van der Waals surface area contributed by atoms with Crippen molar-refractivity contribution in [2.75, 3.05) is 11.0 Å². The highest BCUT2D eigenvalue weighted by Crippen LogP contribution is 2.25. The monoisotopic (exact) mass is 372 g/mol. The van der Waals surface area contributed by atoms with Crippen LogP contribution in [-0.4, -0.2) is 20.6 Å². The molecule has 0 saturated heterocycles. The van der Waals surface area contributed by atoms with Crippen molar-refractivity contribution in [2.45, 2.75) is 38.6 Å². The van der Waals surface area contributed by atoms with E-state index in [4.69, 9.17) is 0 Å². The molecule has 6 heteroatoms. The molecule has 0 spiro atoms. The molecule has 1 amide bonds. The molecule has 0 bridgehead atoms. The summed E-state index contributed by atoms with van der Waals surface area (Å²) in [6, 6.07) is 12.8. The molecule has 0 heterocycles. The first-order valence-corrected chi connectivity index (χ1v) is 10.7. The molecule has 2 aromatic carbocycles. The summed E-state index contributed by atoms with van der Waals surface area (Å²) in [6.45, 7) is 1.96. The van der Waals surface area contributed by atoms with Crippen molar-refractivity contribution in [2.24, 2.45) is 0 Å². The van der Waals surface area contributed by atoms with Gasteiger partial charge in [-0.25, -0.2) is 8.42 Å². The molecule has 0 unspecified atom stereocenters. The summed E-state index contributed by atoms with van der Waals surface area (Å²) in [5.41, 5.74) is 4.68. The van der Waals surface area contributed by atoms with Crippen LogP contribution >= 0.6 is 0 Å². The number of hydrogen-bond donors (Lipinski definition) is 2. The summed E-state index contributed by atoms with van der Waals surface area (Å²) in [5, 5.41) is 2.99. The molecular formula is C20H24N2O3S. The normalized spacial score (nSPS) is 15.0. The van der Waals surface area contributed by atoms with Gasteiger partial charge in [-0.05, 0) is 67.5 Å². The standard InChI is InChI=1S/C20H24N2O3S/c1-14(16-11-10-15-6-3-4-7-17(15)12-16)21-20(23)18-8-5-9-19(13-18)22-26(2,24)25/h5,8-14,22H,3-4,6-7H2,1-2H3,(H,21,23)/t14-/m0/s1. The molecule has 1 aliphatic carbocycles. The molecule has 2 N–H and O–H groups in total. The Morgan fingerprint density at radius 3 is 2.50 bits per heavy atom. The van der Waals surface area contributed by atoms with Crippen molar-refractivity contribution < 1.29 is 13.2 Å². The summed E-state index contributed by atoms with van der Waals surface area (Å²) < 4.78 is 25.1. The third kappa shape index (κ3) is 4.64. The Bertz CT molecular complexity index is 922. The largest absolute Gasteiger partial charge is 0.346 e. The number of carbonyl (C=O) groups is 1. The number of fused-ring (bicyclic) bond motifs is 1. The highest BCUT2D eigenvalue weighted by Gasteiger charge is 2.15. The fourth-order valence-corrected chi connectivity index (χ4v) is 3.88. The van der Waals surface area contributed by atoms with Crippen molar-refractivity contribution >= 4 is 21.6 Å². The molecule has 2 aromatic rings. The first-order chi connectivity index (χ1) is 12.3. The Morgan fingerprint density at radius 2 is 1.77 bits per heavy atom. The number of sulfonamides is 1. The summed E-state index contributed by atoms with van der Waals surface area (Å²) in [6.07, 6.45) is 5.78. The summed E-state index contributed by atoms with van der Waals surface area (Å²) in [5.74, 6) is -0.229. The molecule has 0 fully saturated rings. The average Bonchev–Trinajstić information content (AvgIpc) is 2.60. The predicted molar refractivity (Wildman–Crippen MR) is 104 cm³/mol. The van der Waals surface area contributed by atoms with Crippen LogP contribution in [0.25, 0.3) is 0 Å². The smallest absolute Gasteiger partial charge is 0.251 e. The van der Waals surface area contributed by atoms with Crippen LogP contribution in [-0.2, 0) is 22.9 Å². The van der Waals surface area contributed by atoms with Gasteiger partial charge in [0.1, 0.15) is 0 Å². The molecule has 1 aliphatic rings. The van der Waals surface area contributed by atoms with Gasteiger partial charge in [-0.3, -0.25) is 9.52 Å². The lowest BCUT2D eigenvalue weighted by Crippen LogP contribution is -2.27. The minimum Gasteiger partial charge on any atom is -0.346 e. The maximum atomic E-state index is 12.5. The van der Waals surface area contributed by atoms with E-state index < -0.39 is 10.0 Å². The summed E-state index contributed by atoms with van der Waals surface area (Å²) in [4.78, 5) is 12.5. The van der Waals surface area contributed by atoms with Crippen LogP contribution in [0.3, 0.4) is 0 Å². The van der Waals surface area contributed by atoms with E-state index in [0.717, 1.165) is 24.7 Å². The van der Waals surface area contributed by atoms with Crippen molar-refractivity contribution in [3.05, 3.63) is 64.7 Å². The van der Waals surface area contributed by atoms with Crippen molar-refractivity contribution in [1.29, 1.82) is 0 Å². The van der Waals surface area contributed by atoms with E-state index in [9.17, 15) is 13.2 Å². The molecular weight excluding hydrogens is 348 g/mol. The molecule has 0 aliphatic heterocycles. The maximum Gasteiger partial charge on any atom is 0.251 e. The van der Waals surface area contributed by atoms with Crippen LogP contribution in [0.1, 0.15) is 52.9 Å². The van der Waals surface area contributed by atoms with Crippen LogP contribution < -0.4 is 10.0 Å². The number of carbonyl (C=O) groups excluding carboxylic acids is 1. The van der Waals surface area contributed by atoms with Gasteiger partial charge in [-0.2, -0.15) is 0 Å². The van der Waals surface area contributed by atoms with E-state index in [1.54, 1.807) is 18.2 Å². The lowest BCUT2D eigenvalue weighted by Gasteiger charge is -2.20. The van der Waals surface area contributed by atoms with Crippen LogP contribution in [0, 0.1) is 0 Å². The number of amides is 1. The number of anilines is 1. The maximum absolute atomic E-state index is 12.5. The highest BCUT2D eigenvalue weighted by molar-refractivity contribution is 7.92. The Morgan fingerprint density at radius 1 is 1.04 bits per heavy atom. The second-order valence-electron chi connectivity index (χ2n) is 6.89. The number of hydrogen-bond acceptors (Lipinski definition) is 3. The summed E-state index contributed by atoms with van der Waals surface area (Å²) >= 11 is 0. The van der Waals surface area contributed by atoms with Gasteiger partial charge >= 0.3 is 0 Å². The van der Waals surface area contributed by atoms with E-state index in [2.05, 4.69) is 28.2 Å². The zero-order valence-corrected chi connectivity index (χ0v) is 15.9. The van der Waals surface area contributed by atoms with E-state index in [-0.39, 0.29) is 11.9 Å². The second-order valence-corrected chi connectivity index (χ2v) is 8.63. The van der Waals surface area contributed by atoms with Crippen molar-refractivity contribution in [3.8, 4) is 0 Å². The number of aryl methyl sites for hydroxylation is 2. The number of nitrogens with one attached hydrogen (secondary N) is 2. The molecule has 26 heavy (non-hydrogen) atoms. The van der Waals surface area contributed by atoms with Crippen LogP contribution in [0.5, 0.6) is 0 Å². The highest BCUT2D eigenvalue weighted by atomic mass is 32.2. The van der Waals surface area contributed by atoms with Gasteiger partial charge in [0, 0.05) is 11.3 Å². The molecule has 3 rings (SSSR count). The quantitative estimate of drug-likeness (QED) is 0.844. The van der Waals surface area contributed by atoms with E-state index in [1.807, 2.05) is 6.92 Å². The van der Waals surface area contributed by atoms with Crippen LogP contribution in [0.4, 0.5) is 5.69 Å². The fraction of sp³-hybridized carbons (Fsp3) is 0.350. The molecule has 5 nitrogen and oxygen atoms in total. The zero-order chi connectivity index (χ0) is 18.7. The van der Waals surface area contributed by atoms with Crippen molar-refractivity contribution in [3.63, 3.8) is 0 Å². The Labute approximate surface area is 154 Å². The van der Waals surface area contributed by atoms with Gasteiger partial charge in [0.15, 0.2) is 0 Å². The lowest BCUT2D eigenvalue weighted by atomic mass is 9.89. The fourth-order valence-electron chi connectivity index (χ4n) is 3.32. The zero-order valence-electron chi connectivity index (χ0n) is 15.1. The topological polar surface area (TPSA) is 75.3 Å². The van der Waals surface area contributed by atoms with Crippen LogP contribution in [0.15, 0.2) is 42.5 Å². The van der Waals surface area contributed by atoms with E-state index >= 15 is 0 Å². The minimum atomic E-state index is -3.38. The van der Waals surface area contributed by atoms with Gasteiger partial charge in [-0.1, -0.05) is 24.3 Å². The first-order valence-electron chi connectivity index (χ1n) is 8.82. The van der Waals surface area contributed by atoms with Crippen molar-refractivity contribution in [1.82, 2.24) is 5.32 Å². The molecule has 0 saturated carbocycles. The van der Waals surface area contributed by atoms with Gasteiger partial charge in [0.05, 0.1) is 12.3 Å². The Balaban J connectivity index is 1.72. The second kappa shape index (κ2) is 7.50. The Hall–Kier alpha value is -2.34. The SMILES string of the molecule is C[C@H](NC(=O)c1cccc(NS(C)(=O)=O)c1)c1ccc2c(c1)CCCC2. The lowest BCUT2D eigenvalue weighted by molar-refractivity contribution is 0.0940. The summed E-state index contributed by atoms with van der Waals surface area (Å²) in [7, 11) is -3.38. The predicted octanol–water partition coefficient (Wildman–Crippen LogP) is 3.43. The molecule has 0 aromatic heterocycles. The van der Waals surface area contributed by atoms with E-state index in [0.29, 0.717) is 11.3 Å². The number of benzene rings is 2. The molecule has 0 radical (unpaired) electrons. The Kier molecular flexibility index (Phi) is 5.32. The first kappa shape index (κ1) is 18.5. The number of rotatable bonds is 5. The van der Waals surface area contributed by atoms with E-state index in [1.165, 1.54) is 30.0 Å². The third-order valence-corrected chi connectivity index (χ3v) is 5.25. The average molecular weight is 372 g/mol. The van der Waals surface area contributed by atoms with Gasteiger partial charge in [0.25, 0.3) is 5.91 Å². The third-order valence-electron chi connectivity index (χ3n) is 4.65. The van der Waals surface area contributed by atoms with Crippen LogP contribution in [0.2, 0.25) is 0 Å².